The molecule has 0 aliphatic carbocycles. The van der Waals surface area contributed by atoms with Crippen molar-refractivity contribution < 1.29 is 19.7 Å². The van der Waals surface area contributed by atoms with Crippen LogP contribution < -0.4 is 5.36 Å². The van der Waals surface area contributed by atoms with E-state index >= 15 is 0 Å². The number of nitrogens with one attached hydrogen (secondary N) is 1. The summed E-state index contributed by atoms with van der Waals surface area (Å²) in [6.07, 6.45) is 0.531. The summed E-state index contributed by atoms with van der Waals surface area (Å²) >= 11 is 0. The zero-order valence-electron chi connectivity index (χ0n) is 11.9. The van der Waals surface area contributed by atoms with E-state index in [0.29, 0.717) is 17.7 Å². The number of rotatable bonds is 2. The molecule has 3 rings (SSSR count). The number of benzene rings is 2. The van der Waals surface area contributed by atoms with Gasteiger partial charge in [-0.3, -0.25) is 5.41 Å². The van der Waals surface area contributed by atoms with Crippen molar-refractivity contribution in [2.45, 2.75) is 13.3 Å². The Hall–Kier alpha value is -2.95. The van der Waals surface area contributed by atoms with Crippen molar-refractivity contribution in [3.8, 4) is 28.6 Å². The number of phenols is 3. The lowest BCUT2D eigenvalue weighted by Gasteiger charge is -2.12. The molecule has 1 heterocycles. The van der Waals surface area contributed by atoms with Gasteiger partial charge in [-0.15, -0.1) is 0 Å². The summed E-state index contributed by atoms with van der Waals surface area (Å²) in [6.45, 7) is 1.89. The van der Waals surface area contributed by atoms with Crippen molar-refractivity contribution in [1.82, 2.24) is 0 Å². The molecule has 4 N–H and O–H groups in total. The fourth-order valence-corrected chi connectivity index (χ4v) is 2.54. The normalized spacial score (nSPS) is 11.0. The molecule has 0 saturated carbocycles. The van der Waals surface area contributed by atoms with Crippen LogP contribution in [0.25, 0.3) is 22.3 Å². The Morgan fingerprint density at radius 2 is 1.73 bits per heavy atom. The van der Waals surface area contributed by atoms with Crippen molar-refractivity contribution in [3.05, 3.63) is 47.3 Å². The molecule has 0 spiro atoms. The molecule has 0 saturated heterocycles. The molecule has 2 aromatic carbocycles. The number of aromatic hydroxyl groups is 3. The molecule has 112 valence electrons. The van der Waals surface area contributed by atoms with Crippen LogP contribution in [0.1, 0.15) is 12.5 Å². The number of fused-ring (bicyclic) bond motifs is 1. The van der Waals surface area contributed by atoms with Crippen molar-refractivity contribution in [1.29, 1.82) is 5.41 Å². The minimum Gasteiger partial charge on any atom is -0.504 e. The predicted octanol–water partition coefficient (Wildman–Crippen LogP) is 3.26. The summed E-state index contributed by atoms with van der Waals surface area (Å²) in [4.78, 5) is 0. The molecule has 5 nitrogen and oxygen atoms in total. The van der Waals surface area contributed by atoms with Crippen molar-refractivity contribution in [2.24, 2.45) is 0 Å². The fourth-order valence-electron chi connectivity index (χ4n) is 2.54. The third kappa shape index (κ3) is 1.98. The van der Waals surface area contributed by atoms with Gasteiger partial charge in [-0.25, -0.2) is 0 Å². The van der Waals surface area contributed by atoms with E-state index < -0.39 is 17.2 Å². The van der Waals surface area contributed by atoms with Gasteiger partial charge in [-0.1, -0.05) is 37.3 Å². The van der Waals surface area contributed by atoms with Crippen molar-refractivity contribution in [2.75, 3.05) is 0 Å². The molecule has 0 radical (unpaired) electrons. The van der Waals surface area contributed by atoms with Gasteiger partial charge in [0.25, 0.3) is 0 Å². The first kappa shape index (κ1) is 14.0. The third-order valence-electron chi connectivity index (χ3n) is 3.65. The maximum absolute atomic E-state index is 10.0. The standard InChI is InChI=1S/C17H15NO4/c1-2-10-14(18)13-12(8-11(19)15(20)16(13)21)22-17(10)9-6-4-3-5-7-9/h3-8,18-21H,2H2,1H3. The highest BCUT2D eigenvalue weighted by Gasteiger charge is 2.19. The first-order valence-electron chi connectivity index (χ1n) is 6.88. The minimum absolute atomic E-state index is 0.0791. The minimum atomic E-state index is -0.647. The lowest BCUT2D eigenvalue weighted by atomic mass is 10.0. The highest BCUT2D eigenvalue weighted by atomic mass is 16.3. The molecular weight excluding hydrogens is 282 g/mol. The highest BCUT2D eigenvalue weighted by molar-refractivity contribution is 5.89. The van der Waals surface area contributed by atoms with E-state index in [-0.39, 0.29) is 16.3 Å². The summed E-state index contributed by atoms with van der Waals surface area (Å²) in [6, 6.07) is 10.5. The quantitative estimate of drug-likeness (QED) is 0.546. The Morgan fingerprint density at radius 1 is 1.05 bits per heavy atom. The van der Waals surface area contributed by atoms with Gasteiger partial charge in [0, 0.05) is 17.2 Å². The van der Waals surface area contributed by atoms with Crippen LogP contribution in [0.15, 0.2) is 40.8 Å². The Bertz CT molecular complexity index is 914. The number of hydrogen-bond donors (Lipinski definition) is 4. The van der Waals surface area contributed by atoms with Gasteiger partial charge < -0.3 is 19.7 Å². The van der Waals surface area contributed by atoms with Gasteiger partial charge in [0.1, 0.15) is 11.3 Å². The smallest absolute Gasteiger partial charge is 0.201 e. The monoisotopic (exact) mass is 297 g/mol. The first-order valence-corrected chi connectivity index (χ1v) is 6.88. The zero-order chi connectivity index (χ0) is 15.9. The van der Waals surface area contributed by atoms with E-state index in [1.165, 1.54) is 6.07 Å². The van der Waals surface area contributed by atoms with E-state index in [0.717, 1.165) is 5.56 Å². The first-order chi connectivity index (χ1) is 10.5. The van der Waals surface area contributed by atoms with E-state index in [4.69, 9.17) is 9.83 Å². The van der Waals surface area contributed by atoms with Crippen LogP contribution >= 0.6 is 0 Å². The maximum atomic E-state index is 10.0. The molecule has 0 amide bonds. The third-order valence-corrected chi connectivity index (χ3v) is 3.65. The van der Waals surface area contributed by atoms with Gasteiger partial charge in [0.15, 0.2) is 11.5 Å². The Labute approximate surface area is 126 Å². The van der Waals surface area contributed by atoms with Gasteiger partial charge in [0.05, 0.1) is 10.7 Å². The Balaban J connectivity index is 2.46. The van der Waals surface area contributed by atoms with Crippen LogP contribution in [-0.4, -0.2) is 15.3 Å². The SMILES string of the molecule is CCc1c(-c2ccccc2)oc2cc(O)c(O)c(O)c2c1=N. The van der Waals surface area contributed by atoms with Gasteiger partial charge >= 0.3 is 0 Å². The maximum Gasteiger partial charge on any atom is 0.201 e. The summed E-state index contributed by atoms with van der Waals surface area (Å²) in [5.41, 5.74) is 1.58. The average Bonchev–Trinajstić information content (AvgIpc) is 2.53. The molecule has 0 unspecified atom stereocenters. The molecule has 0 bridgehead atoms. The largest absolute Gasteiger partial charge is 0.504 e. The molecule has 5 heteroatoms. The van der Waals surface area contributed by atoms with E-state index in [1.807, 2.05) is 37.3 Å². The molecular formula is C17H15NO4. The number of hydrogen-bond acceptors (Lipinski definition) is 5. The second kappa shape index (κ2) is 5.11. The summed E-state index contributed by atoms with van der Waals surface area (Å²) in [5.74, 6) is -1.16. The van der Waals surface area contributed by atoms with Crippen molar-refractivity contribution in [3.63, 3.8) is 0 Å². The molecule has 0 aliphatic rings. The molecule has 1 aromatic heterocycles. The van der Waals surface area contributed by atoms with E-state index in [9.17, 15) is 15.3 Å². The fraction of sp³-hybridized carbons (Fsp3) is 0.118. The lowest BCUT2D eigenvalue weighted by molar-refractivity contribution is 0.370. The van der Waals surface area contributed by atoms with Crippen LogP contribution in [0.2, 0.25) is 0 Å². The van der Waals surface area contributed by atoms with Crippen LogP contribution in [0.5, 0.6) is 17.2 Å². The van der Waals surface area contributed by atoms with Crippen LogP contribution in [0.4, 0.5) is 0 Å². The molecule has 0 atom stereocenters. The topological polar surface area (TPSA) is 97.7 Å². The molecule has 22 heavy (non-hydrogen) atoms. The van der Waals surface area contributed by atoms with Gasteiger partial charge in [-0.05, 0) is 6.42 Å². The summed E-state index contributed by atoms with van der Waals surface area (Å²) in [7, 11) is 0. The van der Waals surface area contributed by atoms with Crippen LogP contribution in [0, 0.1) is 5.41 Å². The van der Waals surface area contributed by atoms with Crippen LogP contribution in [-0.2, 0) is 6.42 Å². The van der Waals surface area contributed by atoms with E-state index in [1.54, 1.807) is 0 Å². The van der Waals surface area contributed by atoms with Crippen LogP contribution in [0.3, 0.4) is 0 Å². The second-order valence-electron chi connectivity index (χ2n) is 4.97. The van der Waals surface area contributed by atoms with Gasteiger partial charge in [0.2, 0.25) is 5.75 Å². The lowest BCUT2D eigenvalue weighted by Crippen LogP contribution is -2.10. The molecule has 3 aromatic rings. The summed E-state index contributed by atoms with van der Waals surface area (Å²) in [5, 5.41) is 37.8. The second-order valence-corrected chi connectivity index (χ2v) is 4.97. The highest BCUT2D eigenvalue weighted by Crippen LogP contribution is 2.41. The Morgan fingerprint density at radius 3 is 2.36 bits per heavy atom. The molecule has 0 aliphatic heterocycles. The number of phenolic OH excluding ortho intramolecular Hbond substituents is 3. The molecule has 0 fully saturated rings. The zero-order valence-corrected chi connectivity index (χ0v) is 11.9. The van der Waals surface area contributed by atoms with Gasteiger partial charge in [-0.2, -0.15) is 0 Å². The average molecular weight is 297 g/mol. The van der Waals surface area contributed by atoms with Crippen molar-refractivity contribution >= 4 is 11.0 Å². The van der Waals surface area contributed by atoms with E-state index in [2.05, 4.69) is 0 Å². The predicted molar refractivity (Wildman–Crippen MR) is 81.9 cm³/mol. The summed E-state index contributed by atoms with van der Waals surface area (Å²) < 4.78 is 5.82. The Kier molecular flexibility index (Phi) is 3.25.